The number of amides is 2. The van der Waals surface area contributed by atoms with Crippen molar-refractivity contribution in [3.8, 4) is 28.5 Å². The normalized spacial score (nSPS) is 17.5. The minimum absolute atomic E-state index is 0.0116. The van der Waals surface area contributed by atoms with Crippen LogP contribution in [0.3, 0.4) is 0 Å². The Labute approximate surface area is 248 Å². The van der Waals surface area contributed by atoms with Gasteiger partial charge in [0.05, 0.1) is 32.0 Å². The first-order chi connectivity index (χ1) is 20.8. The average molecular weight is 617 g/mol. The van der Waals surface area contributed by atoms with Gasteiger partial charge < -0.3 is 35.4 Å². The zero-order valence-electron chi connectivity index (χ0n) is 23.8. The van der Waals surface area contributed by atoms with Crippen molar-refractivity contribution in [1.82, 2.24) is 15.3 Å². The van der Waals surface area contributed by atoms with Crippen molar-refractivity contribution < 1.29 is 46.5 Å². The molecule has 4 aromatic rings. The number of H-pyrrole nitrogens is 1. The lowest BCUT2D eigenvalue weighted by Crippen LogP contribution is -2.52. The largest absolute Gasteiger partial charge is 0.497 e. The van der Waals surface area contributed by atoms with Gasteiger partial charge in [0.25, 0.3) is 5.91 Å². The van der Waals surface area contributed by atoms with Crippen LogP contribution in [0.1, 0.15) is 35.1 Å². The number of ether oxygens (including phenoxy) is 3. The summed E-state index contributed by atoms with van der Waals surface area (Å²) in [4.78, 5) is 32.6. The van der Waals surface area contributed by atoms with E-state index in [1.54, 1.807) is 19.1 Å². The number of carbonyl (C=O) groups excluding carboxylic acids is 2. The van der Waals surface area contributed by atoms with Gasteiger partial charge in [0.1, 0.15) is 46.5 Å². The maximum atomic E-state index is 14.7. The van der Waals surface area contributed by atoms with Gasteiger partial charge in [-0.15, -0.1) is 0 Å². The van der Waals surface area contributed by atoms with Crippen LogP contribution in [0.2, 0.25) is 0 Å². The smallest absolute Gasteiger partial charge is 0.424 e. The molecule has 2 amide bonds. The molecule has 3 heterocycles. The van der Waals surface area contributed by atoms with Crippen LogP contribution < -0.4 is 25.3 Å². The third kappa shape index (κ3) is 4.94. The molecule has 1 aliphatic heterocycles. The van der Waals surface area contributed by atoms with Gasteiger partial charge in [-0.25, -0.2) is 9.37 Å². The van der Waals surface area contributed by atoms with E-state index in [0.29, 0.717) is 22.4 Å². The Hall–Kier alpha value is -4.85. The molecule has 14 heteroatoms. The molecule has 0 saturated carbocycles. The van der Waals surface area contributed by atoms with Crippen LogP contribution in [0.5, 0.6) is 17.2 Å². The molecule has 5 rings (SSSR count). The maximum absolute atomic E-state index is 14.7. The summed E-state index contributed by atoms with van der Waals surface area (Å²) in [6.07, 6.45) is -5.29. The Morgan fingerprint density at radius 3 is 2.43 bits per heavy atom. The molecule has 5 N–H and O–H groups in total. The third-order valence-corrected chi connectivity index (χ3v) is 7.92. The zero-order chi connectivity index (χ0) is 32.0. The highest BCUT2D eigenvalue weighted by Gasteiger charge is 2.58. The predicted molar refractivity (Wildman–Crippen MR) is 150 cm³/mol. The molecule has 0 bridgehead atoms. The fourth-order valence-electron chi connectivity index (χ4n) is 5.22. The third-order valence-electron chi connectivity index (χ3n) is 7.92. The molecule has 2 aromatic carbocycles. The van der Waals surface area contributed by atoms with Crippen molar-refractivity contribution in [2.24, 2.45) is 5.73 Å². The Bertz CT molecular complexity index is 1760. The fourth-order valence-corrected chi connectivity index (χ4v) is 5.22. The van der Waals surface area contributed by atoms with Gasteiger partial charge in [-0.1, -0.05) is 6.92 Å². The number of alkyl halides is 3. The standard InChI is InChI=1S/C30H28F4N4O6/c1-4-28(27(35)40)14-44-25-19(28)12-23(38-24(25)15-5-7-16(31)8-6-15)29(41,30(32,33)34)13-36-26(39)21-11-18-20(37-21)9-17(42-2)10-22(18)43-3/h5-12,37,41H,4,13-14H2,1-3H3,(H2,35,40)(H,36,39)/t28-,29-/m0/s1. The van der Waals surface area contributed by atoms with Crippen LogP contribution in [-0.4, -0.2) is 60.4 Å². The number of fused-ring (bicyclic) bond motifs is 2. The number of nitrogens with zero attached hydrogens (tertiary/aromatic N) is 1. The summed E-state index contributed by atoms with van der Waals surface area (Å²) in [6, 6.07) is 10.2. The van der Waals surface area contributed by atoms with E-state index < -0.39 is 47.1 Å². The minimum atomic E-state index is -5.36. The number of primary amides is 1. The van der Waals surface area contributed by atoms with Crippen molar-refractivity contribution in [2.75, 3.05) is 27.4 Å². The zero-order valence-corrected chi connectivity index (χ0v) is 23.8. The van der Waals surface area contributed by atoms with E-state index in [-0.39, 0.29) is 41.3 Å². The number of halogens is 4. The molecular formula is C30H28F4N4O6. The number of aromatic amines is 1. The second-order valence-corrected chi connectivity index (χ2v) is 10.3. The Morgan fingerprint density at radius 2 is 1.84 bits per heavy atom. The number of methoxy groups -OCH3 is 2. The van der Waals surface area contributed by atoms with Gasteiger partial charge >= 0.3 is 6.18 Å². The molecule has 0 spiro atoms. The first-order valence-corrected chi connectivity index (χ1v) is 13.3. The molecule has 1 aliphatic rings. The second-order valence-electron chi connectivity index (χ2n) is 10.3. The van der Waals surface area contributed by atoms with E-state index in [9.17, 15) is 32.3 Å². The summed E-state index contributed by atoms with van der Waals surface area (Å²) < 4.78 is 74.1. The van der Waals surface area contributed by atoms with Crippen LogP contribution in [-0.2, 0) is 15.8 Å². The quantitative estimate of drug-likeness (QED) is 0.207. The molecule has 0 radical (unpaired) electrons. The number of benzene rings is 2. The number of nitrogens with one attached hydrogen (secondary N) is 2. The lowest BCUT2D eigenvalue weighted by molar-refractivity contribution is -0.265. The lowest BCUT2D eigenvalue weighted by Gasteiger charge is -2.31. The van der Waals surface area contributed by atoms with Crippen molar-refractivity contribution in [1.29, 1.82) is 0 Å². The molecule has 0 aliphatic carbocycles. The first kappa shape index (κ1) is 30.6. The molecule has 0 fully saturated rings. The van der Waals surface area contributed by atoms with Crippen molar-refractivity contribution in [3.05, 3.63) is 71.3 Å². The fraction of sp³-hybridized carbons (Fsp3) is 0.300. The number of rotatable bonds is 9. The van der Waals surface area contributed by atoms with Gasteiger partial charge in [-0.3, -0.25) is 9.59 Å². The van der Waals surface area contributed by atoms with E-state index >= 15 is 0 Å². The Kier molecular flexibility index (Phi) is 7.66. The van der Waals surface area contributed by atoms with E-state index in [1.807, 2.05) is 0 Å². The summed E-state index contributed by atoms with van der Waals surface area (Å²) in [5.41, 5.74) is -0.197. The minimum Gasteiger partial charge on any atom is -0.497 e. The van der Waals surface area contributed by atoms with Crippen LogP contribution in [0.4, 0.5) is 17.6 Å². The maximum Gasteiger partial charge on any atom is 0.424 e. The highest BCUT2D eigenvalue weighted by atomic mass is 19.4. The molecule has 44 heavy (non-hydrogen) atoms. The van der Waals surface area contributed by atoms with Crippen molar-refractivity contribution >= 4 is 22.7 Å². The average Bonchev–Trinajstić information content (AvgIpc) is 3.61. The van der Waals surface area contributed by atoms with E-state index in [4.69, 9.17) is 19.9 Å². The Morgan fingerprint density at radius 1 is 1.14 bits per heavy atom. The highest BCUT2D eigenvalue weighted by molar-refractivity contribution is 6.00. The number of hydrogen-bond donors (Lipinski definition) is 4. The summed E-state index contributed by atoms with van der Waals surface area (Å²) in [6.45, 7) is -0.0123. The SMILES string of the molecule is CC[C@]1(C(N)=O)COc2c1cc([C@@](O)(CNC(=O)c1cc3c(OC)cc(OC)cc3[nH]1)C(F)(F)F)nc2-c1ccc(F)cc1. The van der Waals surface area contributed by atoms with Crippen LogP contribution in [0.15, 0.2) is 48.5 Å². The highest BCUT2D eigenvalue weighted by Crippen LogP contribution is 2.49. The first-order valence-electron chi connectivity index (χ1n) is 13.3. The van der Waals surface area contributed by atoms with Crippen molar-refractivity contribution in [2.45, 2.75) is 30.5 Å². The molecule has 10 nitrogen and oxygen atoms in total. The van der Waals surface area contributed by atoms with E-state index in [0.717, 1.165) is 18.2 Å². The van der Waals surface area contributed by atoms with Crippen LogP contribution >= 0.6 is 0 Å². The van der Waals surface area contributed by atoms with Gasteiger partial charge in [0, 0.05) is 28.6 Å². The van der Waals surface area contributed by atoms with Gasteiger partial charge in [0.2, 0.25) is 11.5 Å². The predicted octanol–water partition coefficient (Wildman–Crippen LogP) is 4.09. The topological polar surface area (TPSA) is 149 Å². The molecule has 0 saturated heterocycles. The van der Waals surface area contributed by atoms with Crippen LogP contribution in [0, 0.1) is 5.82 Å². The van der Waals surface area contributed by atoms with E-state index in [2.05, 4.69) is 15.3 Å². The summed E-state index contributed by atoms with van der Waals surface area (Å²) >= 11 is 0. The van der Waals surface area contributed by atoms with Gasteiger partial charge in [-0.05, 0) is 42.8 Å². The molecular weight excluding hydrogens is 588 g/mol. The monoisotopic (exact) mass is 616 g/mol. The van der Waals surface area contributed by atoms with Gasteiger partial charge in [0.15, 0.2) is 0 Å². The molecule has 2 atom stereocenters. The second kappa shape index (κ2) is 11.0. The lowest BCUT2D eigenvalue weighted by atomic mass is 9.78. The number of hydrogen-bond acceptors (Lipinski definition) is 7. The number of nitrogens with two attached hydrogens (primary N) is 1. The summed E-state index contributed by atoms with van der Waals surface area (Å²) in [7, 11) is 2.84. The summed E-state index contributed by atoms with van der Waals surface area (Å²) in [5.74, 6) is -1.67. The molecule has 2 aromatic heterocycles. The van der Waals surface area contributed by atoms with Crippen LogP contribution in [0.25, 0.3) is 22.2 Å². The molecule has 232 valence electrons. The number of aromatic nitrogens is 2. The number of aliphatic hydroxyl groups is 1. The van der Waals surface area contributed by atoms with Crippen molar-refractivity contribution in [3.63, 3.8) is 0 Å². The molecule has 0 unspecified atom stereocenters. The number of carbonyl (C=O) groups is 2. The van der Waals surface area contributed by atoms with E-state index in [1.165, 1.54) is 32.4 Å². The Balaban J connectivity index is 1.59. The van der Waals surface area contributed by atoms with Gasteiger partial charge in [-0.2, -0.15) is 13.2 Å². The number of pyridine rings is 1. The summed E-state index contributed by atoms with van der Waals surface area (Å²) in [5, 5.41) is 13.9.